The highest BCUT2D eigenvalue weighted by Crippen LogP contribution is 2.35. The summed E-state index contributed by atoms with van der Waals surface area (Å²) in [4.78, 5) is 11.4. The molecule has 20 heavy (non-hydrogen) atoms. The summed E-state index contributed by atoms with van der Waals surface area (Å²) in [5.74, 6) is 0.286. The van der Waals surface area contributed by atoms with Crippen LogP contribution in [0.25, 0.3) is 0 Å². The molecule has 1 atom stereocenters. The largest absolute Gasteiger partial charge is 0.495 e. The van der Waals surface area contributed by atoms with Crippen molar-refractivity contribution in [2.24, 2.45) is 5.92 Å². The number of fused-ring (bicyclic) bond motifs is 1. The van der Waals surface area contributed by atoms with Gasteiger partial charge in [0.15, 0.2) is 0 Å². The second-order valence-electron chi connectivity index (χ2n) is 4.83. The Balaban J connectivity index is 2.45. The molecule has 0 amide bonds. The number of carbonyl (C=O) groups excluding carboxylic acids is 1. The third kappa shape index (κ3) is 3.07. The van der Waals surface area contributed by atoms with Gasteiger partial charge in [-0.25, -0.2) is 8.42 Å². The molecule has 0 spiro atoms. The summed E-state index contributed by atoms with van der Waals surface area (Å²) in [5, 5.41) is 3.12. The standard InChI is InChI=1S/C13H16ClNO4S/c1-8(16)10-4-3-9-5-12(19-2)13(20(14,17)18)6-11(9)15-7-10/h5-6,10,15H,3-4,7H2,1-2H3. The van der Waals surface area contributed by atoms with E-state index in [1.807, 2.05) is 0 Å². The summed E-state index contributed by atoms with van der Waals surface area (Å²) < 4.78 is 28.2. The van der Waals surface area contributed by atoms with E-state index in [0.29, 0.717) is 18.7 Å². The molecule has 1 aromatic rings. The quantitative estimate of drug-likeness (QED) is 0.865. The van der Waals surface area contributed by atoms with Gasteiger partial charge in [-0.15, -0.1) is 0 Å². The minimum Gasteiger partial charge on any atom is -0.495 e. The average Bonchev–Trinajstić information content (AvgIpc) is 2.57. The molecule has 1 aliphatic rings. The van der Waals surface area contributed by atoms with Gasteiger partial charge < -0.3 is 10.1 Å². The summed E-state index contributed by atoms with van der Waals surface area (Å²) in [5.41, 5.74) is 1.61. The number of methoxy groups -OCH3 is 1. The average molecular weight is 318 g/mol. The SMILES string of the molecule is COc1cc2c(cc1S(=O)(=O)Cl)NCC(C(C)=O)CC2. The van der Waals surface area contributed by atoms with Crippen molar-refractivity contribution in [1.82, 2.24) is 0 Å². The number of ketones is 1. The molecule has 0 radical (unpaired) electrons. The molecule has 110 valence electrons. The van der Waals surface area contributed by atoms with Crippen molar-refractivity contribution in [3.8, 4) is 5.75 Å². The van der Waals surface area contributed by atoms with Crippen molar-refractivity contribution >= 4 is 31.2 Å². The Morgan fingerprint density at radius 3 is 2.70 bits per heavy atom. The first-order chi connectivity index (χ1) is 9.32. The summed E-state index contributed by atoms with van der Waals surface area (Å²) in [6.45, 7) is 2.06. The number of carbonyl (C=O) groups is 1. The molecule has 7 heteroatoms. The number of hydrogen-bond acceptors (Lipinski definition) is 5. The smallest absolute Gasteiger partial charge is 0.265 e. The maximum atomic E-state index is 11.6. The van der Waals surface area contributed by atoms with Crippen LogP contribution in [0, 0.1) is 5.92 Å². The van der Waals surface area contributed by atoms with Crippen LogP contribution in [0.1, 0.15) is 18.9 Å². The minimum atomic E-state index is -3.88. The van der Waals surface area contributed by atoms with E-state index >= 15 is 0 Å². The van der Waals surface area contributed by atoms with Crippen molar-refractivity contribution in [2.75, 3.05) is 19.0 Å². The molecule has 0 saturated heterocycles. The Bertz CT molecular complexity index is 642. The van der Waals surface area contributed by atoms with Gasteiger partial charge >= 0.3 is 0 Å². The van der Waals surface area contributed by atoms with Crippen molar-refractivity contribution < 1.29 is 17.9 Å². The molecular weight excluding hydrogens is 302 g/mol. The van der Waals surface area contributed by atoms with Gasteiger partial charge in [0.05, 0.1) is 7.11 Å². The minimum absolute atomic E-state index is 0.0609. The molecule has 2 rings (SSSR count). The van der Waals surface area contributed by atoms with Crippen LogP contribution in [-0.2, 0) is 20.3 Å². The van der Waals surface area contributed by atoms with E-state index in [1.165, 1.54) is 13.2 Å². The normalized spacial score (nSPS) is 18.6. The fraction of sp³-hybridized carbons (Fsp3) is 0.462. The first-order valence-corrected chi connectivity index (χ1v) is 8.53. The number of nitrogens with one attached hydrogen (secondary N) is 1. The first-order valence-electron chi connectivity index (χ1n) is 6.23. The highest BCUT2D eigenvalue weighted by molar-refractivity contribution is 8.13. The van der Waals surface area contributed by atoms with Crippen LogP contribution in [0.3, 0.4) is 0 Å². The molecule has 0 saturated carbocycles. The lowest BCUT2D eigenvalue weighted by Gasteiger charge is -2.13. The third-order valence-electron chi connectivity index (χ3n) is 3.53. The molecule has 1 N–H and O–H groups in total. The Kier molecular flexibility index (Phi) is 4.25. The van der Waals surface area contributed by atoms with Gasteiger partial charge in [0.2, 0.25) is 0 Å². The van der Waals surface area contributed by atoms with Gasteiger partial charge in [0.25, 0.3) is 9.05 Å². The zero-order valence-electron chi connectivity index (χ0n) is 11.3. The number of hydrogen-bond donors (Lipinski definition) is 1. The molecule has 1 heterocycles. The molecule has 1 aromatic carbocycles. The van der Waals surface area contributed by atoms with E-state index < -0.39 is 9.05 Å². The van der Waals surface area contributed by atoms with E-state index in [1.54, 1.807) is 13.0 Å². The van der Waals surface area contributed by atoms with E-state index in [-0.39, 0.29) is 22.3 Å². The van der Waals surface area contributed by atoms with Crippen LogP contribution in [0.4, 0.5) is 5.69 Å². The molecule has 1 aliphatic heterocycles. The summed E-state index contributed by atoms with van der Waals surface area (Å²) in [6.07, 6.45) is 1.41. The number of rotatable bonds is 3. The van der Waals surface area contributed by atoms with E-state index in [2.05, 4.69) is 5.32 Å². The number of aryl methyl sites for hydroxylation is 1. The summed E-state index contributed by atoms with van der Waals surface area (Å²) >= 11 is 0. The molecule has 0 bridgehead atoms. The molecule has 5 nitrogen and oxygen atoms in total. The Hall–Kier alpha value is -1.27. The second kappa shape index (κ2) is 5.61. The second-order valence-corrected chi connectivity index (χ2v) is 7.36. The molecule has 1 unspecified atom stereocenters. The monoisotopic (exact) mass is 317 g/mol. The zero-order valence-corrected chi connectivity index (χ0v) is 12.8. The lowest BCUT2D eigenvalue weighted by molar-refractivity contribution is -0.120. The molecule has 0 aromatic heterocycles. The van der Waals surface area contributed by atoms with Gasteiger partial charge in [-0.1, -0.05) is 0 Å². The van der Waals surface area contributed by atoms with Gasteiger partial charge in [0, 0.05) is 28.8 Å². The summed E-state index contributed by atoms with van der Waals surface area (Å²) in [7, 11) is 2.93. The Labute approximate surface area is 122 Å². The van der Waals surface area contributed by atoms with Crippen LogP contribution in [0.15, 0.2) is 17.0 Å². The summed E-state index contributed by atoms with van der Waals surface area (Å²) in [6, 6.07) is 3.14. The Morgan fingerprint density at radius 2 is 2.15 bits per heavy atom. The van der Waals surface area contributed by atoms with Crippen LogP contribution < -0.4 is 10.1 Å². The predicted molar refractivity (Wildman–Crippen MR) is 77.0 cm³/mol. The lowest BCUT2D eigenvalue weighted by Crippen LogP contribution is -2.19. The van der Waals surface area contributed by atoms with Crippen LogP contribution in [-0.4, -0.2) is 27.9 Å². The van der Waals surface area contributed by atoms with Gasteiger partial charge in [-0.2, -0.15) is 0 Å². The molecular formula is C13H16ClNO4S. The number of halogens is 1. The number of anilines is 1. The van der Waals surface area contributed by atoms with Crippen molar-refractivity contribution in [1.29, 1.82) is 0 Å². The van der Waals surface area contributed by atoms with Crippen LogP contribution >= 0.6 is 10.7 Å². The maximum Gasteiger partial charge on any atom is 0.265 e. The highest BCUT2D eigenvalue weighted by atomic mass is 35.7. The number of ether oxygens (including phenoxy) is 1. The van der Waals surface area contributed by atoms with E-state index in [0.717, 1.165) is 12.0 Å². The lowest BCUT2D eigenvalue weighted by atomic mass is 9.98. The van der Waals surface area contributed by atoms with Crippen molar-refractivity contribution in [3.05, 3.63) is 17.7 Å². The predicted octanol–water partition coefficient (Wildman–Crippen LogP) is 2.19. The van der Waals surface area contributed by atoms with Crippen molar-refractivity contribution in [3.63, 3.8) is 0 Å². The Morgan fingerprint density at radius 1 is 1.45 bits per heavy atom. The first kappa shape index (κ1) is 15.1. The zero-order chi connectivity index (χ0) is 14.9. The molecule has 0 fully saturated rings. The fourth-order valence-corrected chi connectivity index (χ4v) is 3.34. The highest BCUT2D eigenvalue weighted by Gasteiger charge is 2.24. The van der Waals surface area contributed by atoms with E-state index in [4.69, 9.17) is 15.4 Å². The maximum absolute atomic E-state index is 11.6. The van der Waals surface area contributed by atoms with Crippen LogP contribution in [0.2, 0.25) is 0 Å². The third-order valence-corrected chi connectivity index (χ3v) is 4.87. The van der Waals surface area contributed by atoms with Crippen molar-refractivity contribution in [2.45, 2.75) is 24.7 Å². The van der Waals surface area contributed by atoms with Gasteiger partial charge in [-0.3, -0.25) is 4.79 Å². The van der Waals surface area contributed by atoms with Gasteiger partial charge in [-0.05, 0) is 37.5 Å². The number of Topliss-reactive ketones (excluding diaryl/α,β-unsaturated/α-hetero) is 1. The fourth-order valence-electron chi connectivity index (χ4n) is 2.34. The van der Waals surface area contributed by atoms with Crippen LogP contribution in [0.5, 0.6) is 5.75 Å². The molecule has 0 aliphatic carbocycles. The number of benzene rings is 1. The topological polar surface area (TPSA) is 72.5 Å². The van der Waals surface area contributed by atoms with Gasteiger partial charge in [0.1, 0.15) is 16.4 Å². The van der Waals surface area contributed by atoms with E-state index in [9.17, 15) is 13.2 Å².